The molecular formula is C15H30N4O3S. The summed E-state index contributed by atoms with van der Waals surface area (Å²) < 4.78 is 23.4. The van der Waals surface area contributed by atoms with E-state index in [2.05, 4.69) is 15.6 Å². The van der Waals surface area contributed by atoms with Crippen LogP contribution in [0, 0.1) is 0 Å². The summed E-state index contributed by atoms with van der Waals surface area (Å²) in [5.41, 5.74) is -0.299. The number of rotatable bonds is 3. The molecule has 0 unspecified atom stereocenters. The highest BCUT2D eigenvalue weighted by molar-refractivity contribution is 7.92. The fourth-order valence-electron chi connectivity index (χ4n) is 2.35. The number of sulfone groups is 1. The van der Waals surface area contributed by atoms with Crippen molar-refractivity contribution in [2.24, 2.45) is 4.99 Å². The Kier molecular flexibility index (Phi) is 6.06. The van der Waals surface area contributed by atoms with Gasteiger partial charge in [0.2, 0.25) is 5.91 Å². The van der Waals surface area contributed by atoms with Crippen LogP contribution in [-0.2, 0) is 14.6 Å². The quantitative estimate of drug-likeness (QED) is 0.569. The highest BCUT2D eigenvalue weighted by Gasteiger charge is 2.41. The van der Waals surface area contributed by atoms with Crippen LogP contribution in [0.5, 0.6) is 0 Å². The van der Waals surface area contributed by atoms with Gasteiger partial charge in [-0.3, -0.25) is 4.79 Å². The number of aliphatic imine (C=N–C) groups is 1. The second-order valence-electron chi connectivity index (χ2n) is 7.47. The molecule has 0 aromatic carbocycles. The Hall–Kier alpha value is -1.31. The third-order valence-electron chi connectivity index (χ3n) is 3.56. The first-order chi connectivity index (χ1) is 10.4. The summed E-state index contributed by atoms with van der Waals surface area (Å²) >= 11 is 0. The van der Waals surface area contributed by atoms with Crippen molar-refractivity contribution >= 4 is 21.7 Å². The van der Waals surface area contributed by atoms with Crippen LogP contribution >= 0.6 is 0 Å². The van der Waals surface area contributed by atoms with Crippen LogP contribution in [-0.4, -0.2) is 67.4 Å². The Balaban J connectivity index is 2.83. The molecule has 2 N–H and O–H groups in total. The highest BCUT2D eigenvalue weighted by Crippen LogP contribution is 2.23. The maximum Gasteiger partial charge on any atom is 0.242 e. The average Bonchev–Trinajstić information content (AvgIpc) is 2.36. The second kappa shape index (κ2) is 7.07. The standard InChI is InChI=1S/C15H30N4O3S/c1-7-16-13(17-10-12(20)18-14(2,3)4)19-8-9-23(21,22)15(5,6)11-19/h7-11H2,1-6H3,(H,16,17)(H,18,20). The van der Waals surface area contributed by atoms with E-state index in [4.69, 9.17) is 0 Å². The van der Waals surface area contributed by atoms with Gasteiger partial charge in [-0.05, 0) is 41.5 Å². The summed E-state index contributed by atoms with van der Waals surface area (Å²) in [6, 6.07) is 0. The summed E-state index contributed by atoms with van der Waals surface area (Å²) in [5, 5.41) is 6.00. The van der Waals surface area contributed by atoms with E-state index in [-0.39, 0.29) is 23.7 Å². The maximum absolute atomic E-state index is 12.1. The number of hydrogen-bond donors (Lipinski definition) is 2. The van der Waals surface area contributed by atoms with Crippen LogP contribution in [0.1, 0.15) is 41.5 Å². The molecule has 134 valence electrons. The number of carbonyl (C=O) groups excluding carboxylic acids is 1. The number of amides is 1. The molecule has 0 saturated carbocycles. The molecule has 1 heterocycles. The van der Waals surface area contributed by atoms with Crippen molar-refractivity contribution in [3.8, 4) is 0 Å². The van der Waals surface area contributed by atoms with Crippen molar-refractivity contribution in [1.29, 1.82) is 0 Å². The van der Waals surface area contributed by atoms with Gasteiger partial charge in [-0.1, -0.05) is 0 Å². The molecule has 1 fully saturated rings. The summed E-state index contributed by atoms with van der Waals surface area (Å²) in [4.78, 5) is 18.2. The average molecular weight is 346 g/mol. The molecule has 0 bridgehead atoms. The van der Waals surface area contributed by atoms with Gasteiger partial charge in [0.1, 0.15) is 6.54 Å². The first-order valence-electron chi connectivity index (χ1n) is 7.94. The predicted octanol–water partition coefficient (Wildman–Crippen LogP) is 0.376. The summed E-state index contributed by atoms with van der Waals surface area (Å²) in [7, 11) is -3.10. The van der Waals surface area contributed by atoms with Crippen molar-refractivity contribution in [2.45, 2.75) is 51.8 Å². The molecule has 1 saturated heterocycles. The zero-order valence-corrected chi connectivity index (χ0v) is 15.9. The molecule has 1 amide bonds. The van der Waals surface area contributed by atoms with E-state index in [1.54, 1.807) is 13.8 Å². The molecule has 0 aromatic rings. The van der Waals surface area contributed by atoms with Crippen LogP contribution in [0.4, 0.5) is 0 Å². The molecule has 0 spiro atoms. The number of carbonyl (C=O) groups is 1. The summed E-state index contributed by atoms with van der Waals surface area (Å²) in [5.74, 6) is 0.523. The molecule has 23 heavy (non-hydrogen) atoms. The lowest BCUT2D eigenvalue weighted by atomic mass is 10.1. The van der Waals surface area contributed by atoms with Crippen molar-refractivity contribution in [3.05, 3.63) is 0 Å². The number of hydrogen-bond acceptors (Lipinski definition) is 4. The van der Waals surface area contributed by atoms with Gasteiger partial charge in [-0.15, -0.1) is 0 Å². The Morgan fingerprint density at radius 2 is 1.91 bits per heavy atom. The lowest BCUT2D eigenvalue weighted by Crippen LogP contribution is -2.57. The molecule has 1 rings (SSSR count). The summed E-state index contributed by atoms with van der Waals surface area (Å²) in [6.07, 6.45) is 0. The minimum absolute atomic E-state index is 0.0171. The van der Waals surface area contributed by atoms with Gasteiger partial charge in [0.15, 0.2) is 15.8 Å². The minimum Gasteiger partial charge on any atom is -0.357 e. The molecule has 0 radical (unpaired) electrons. The van der Waals surface area contributed by atoms with Gasteiger partial charge in [-0.25, -0.2) is 13.4 Å². The maximum atomic E-state index is 12.1. The second-order valence-corrected chi connectivity index (χ2v) is 10.2. The van der Waals surface area contributed by atoms with Gasteiger partial charge >= 0.3 is 0 Å². The van der Waals surface area contributed by atoms with Gasteiger partial charge < -0.3 is 15.5 Å². The molecule has 7 nitrogen and oxygen atoms in total. The largest absolute Gasteiger partial charge is 0.357 e. The lowest BCUT2D eigenvalue weighted by Gasteiger charge is -2.39. The van der Waals surface area contributed by atoms with Gasteiger partial charge in [0.05, 0.1) is 10.5 Å². The fraction of sp³-hybridized carbons (Fsp3) is 0.867. The number of nitrogens with zero attached hydrogens (tertiary/aromatic N) is 2. The minimum atomic E-state index is -3.10. The molecule has 0 atom stereocenters. The highest BCUT2D eigenvalue weighted by atomic mass is 32.2. The smallest absolute Gasteiger partial charge is 0.242 e. The zero-order valence-electron chi connectivity index (χ0n) is 15.1. The van der Waals surface area contributed by atoms with E-state index >= 15 is 0 Å². The van der Waals surface area contributed by atoms with Gasteiger partial charge in [0.25, 0.3) is 0 Å². The third-order valence-corrected chi connectivity index (χ3v) is 6.10. The SMILES string of the molecule is CCNC(=NCC(=O)NC(C)(C)C)N1CCS(=O)(=O)C(C)(C)C1. The molecule has 1 aliphatic heterocycles. The van der Waals surface area contributed by atoms with E-state index in [9.17, 15) is 13.2 Å². The normalized spacial score (nSPS) is 21.0. The molecule has 8 heteroatoms. The first-order valence-corrected chi connectivity index (χ1v) is 9.60. The Bertz CT molecular complexity index is 562. The lowest BCUT2D eigenvalue weighted by molar-refractivity contribution is -0.121. The van der Waals surface area contributed by atoms with E-state index in [0.717, 1.165) is 0 Å². The zero-order chi connectivity index (χ0) is 17.9. The van der Waals surface area contributed by atoms with Crippen molar-refractivity contribution in [3.63, 3.8) is 0 Å². The first kappa shape index (κ1) is 19.7. The molecule has 0 aromatic heterocycles. The van der Waals surface area contributed by atoms with Gasteiger partial charge in [0, 0.05) is 25.2 Å². The summed E-state index contributed by atoms with van der Waals surface area (Å²) in [6.45, 7) is 12.6. The molecule has 0 aliphatic carbocycles. The van der Waals surface area contributed by atoms with Crippen LogP contribution in [0.2, 0.25) is 0 Å². The van der Waals surface area contributed by atoms with Crippen LogP contribution in [0.25, 0.3) is 0 Å². The third kappa shape index (κ3) is 5.67. The fourth-order valence-corrected chi connectivity index (χ4v) is 3.72. The van der Waals surface area contributed by atoms with Crippen LogP contribution < -0.4 is 10.6 Å². The number of nitrogens with one attached hydrogen (secondary N) is 2. The van der Waals surface area contributed by atoms with Gasteiger partial charge in [-0.2, -0.15) is 0 Å². The Labute approximate surface area is 139 Å². The Morgan fingerprint density at radius 1 is 1.30 bits per heavy atom. The monoisotopic (exact) mass is 346 g/mol. The van der Waals surface area contributed by atoms with Crippen molar-refractivity contribution in [2.75, 3.05) is 31.9 Å². The Morgan fingerprint density at radius 3 is 2.39 bits per heavy atom. The topological polar surface area (TPSA) is 90.9 Å². The van der Waals surface area contributed by atoms with Crippen LogP contribution in [0.3, 0.4) is 0 Å². The molecular weight excluding hydrogens is 316 g/mol. The van der Waals surface area contributed by atoms with Crippen molar-refractivity contribution in [1.82, 2.24) is 15.5 Å². The van der Waals surface area contributed by atoms with E-state index in [1.807, 2.05) is 32.6 Å². The van der Waals surface area contributed by atoms with Crippen molar-refractivity contribution < 1.29 is 13.2 Å². The van der Waals surface area contributed by atoms with E-state index in [0.29, 0.717) is 25.6 Å². The predicted molar refractivity (Wildman–Crippen MR) is 93.3 cm³/mol. The number of guanidine groups is 1. The van der Waals surface area contributed by atoms with E-state index < -0.39 is 14.6 Å². The van der Waals surface area contributed by atoms with E-state index in [1.165, 1.54) is 0 Å². The molecule has 1 aliphatic rings. The van der Waals surface area contributed by atoms with Crippen LogP contribution in [0.15, 0.2) is 4.99 Å².